The molecular weight excluding hydrogens is 112 g/mol. The van der Waals surface area contributed by atoms with Gasteiger partial charge in [-0.3, -0.25) is 0 Å². The maximum atomic E-state index is 3.90. The van der Waals surface area contributed by atoms with Gasteiger partial charge in [0.1, 0.15) is 0 Å². The van der Waals surface area contributed by atoms with Crippen LogP contribution in [0.3, 0.4) is 0 Å². The summed E-state index contributed by atoms with van der Waals surface area (Å²) in [5.74, 6) is 0. The summed E-state index contributed by atoms with van der Waals surface area (Å²) >= 11 is 0. The first-order chi connectivity index (χ1) is 4.27. The van der Waals surface area contributed by atoms with E-state index in [1.54, 1.807) is 6.20 Å². The monoisotopic (exact) mass is 126 g/mol. The van der Waals surface area contributed by atoms with E-state index in [4.69, 9.17) is 0 Å². The van der Waals surface area contributed by atoms with Crippen molar-refractivity contribution in [3.8, 4) is 0 Å². The SMILES string of the molecule is CC/C=C\N=NC(C)C. The first-order valence-electron chi connectivity index (χ1n) is 3.32. The zero-order chi connectivity index (χ0) is 7.11. The lowest BCUT2D eigenvalue weighted by atomic mass is 10.4. The van der Waals surface area contributed by atoms with Crippen LogP contribution >= 0.6 is 0 Å². The lowest BCUT2D eigenvalue weighted by molar-refractivity contribution is 0.776. The Labute approximate surface area is 56.7 Å². The van der Waals surface area contributed by atoms with Gasteiger partial charge >= 0.3 is 0 Å². The molecule has 0 spiro atoms. The highest BCUT2D eigenvalue weighted by Gasteiger charge is 1.80. The number of hydrogen-bond acceptors (Lipinski definition) is 2. The summed E-state index contributed by atoms with van der Waals surface area (Å²) < 4.78 is 0. The van der Waals surface area contributed by atoms with Crippen LogP contribution in [-0.2, 0) is 0 Å². The van der Waals surface area contributed by atoms with Crippen LogP contribution in [0.15, 0.2) is 22.5 Å². The summed E-state index contributed by atoms with van der Waals surface area (Å²) in [7, 11) is 0. The topological polar surface area (TPSA) is 24.7 Å². The molecular formula is C7H14N2. The van der Waals surface area contributed by atoms with Crippen LogP contribution in [0.5, 0.6) is 0 Å². The van der Waals surface area contributed by atoms with E-state index in [1.165, 1.54) is 0 Å². The molecule has 0 aromatic rings. The first-order valence-corrected chi connectivity index (χ1v) is 3.32. The molecule has 0 amide bonds. The molecule has 0 aliphatic rings. The minimum atomic E-state index is 0.312. The van der Waals surface area contributed by atoms with E-state index in [1.807, 2.05) is 19.9 Å². The second-order valence-electron chi connectivity index (χ2n) is 2.12. The van der Waals surface area contributed by atoms with Crippen molar-refractivity contribution in [2.75, 3.05) is 0 Å². The van der Waals surface area contributed by atoms with Crippen molar-refractivity contribution in [3.05, 3.63) is 12.3 Å². The van der Waals surface area contributed by atoms with Gasteiger partial charge in [-0.2, -0.15) is 10.2 Å². The molecule has 0 atom stereocenters. The van der Waals surface area contributed by atoms with Crippen molar-refractivity contribution in [2.45, 2.75) is 33.2 Å². The van der Waals surface area contributed by atoms with Crippen molar-refractivity contribution in [2.24, 2.45) is 10.2 Å². The van der Waals surface area contributed by atoms with Gasteiger partial charge in [-0.25, -0.2) is 0 Å². The minimum absolute atomic E-state index is 0.312. The molecule has 2 nitrogen and oxygen atoms in total. The molecule has 0 radical (unpaired) electrons. The van der Waals surface area contributed by atoms with Crippen LogP contribution in [0.2, 0.25) is 0 Å². The number of rotatable bonds is 3. The predicted molar refractivity (Wildman–Crippen MR) is 39.4 cm³/mol. The molecule has 0 aliphatic carbocycles. The van der Waals surface area contributed by atoms with Crippen LogP contribution in [0.25, 0.3) is 0 Å². The van der Waals surface area contributed by atoms with E-state index in [9.17, 15) is 0 Å². The van der Waals surface area contributed by atoms with Gasteiger partial charge in [0, 0.05) is 6.20 Å². The van der Waals surface area contributed by atoms with Gasteiger partial charge in [-0.1, -0.05) is 13.0 Å². The van der Waals surface area contributed by atoms with Crippen LogP contribution in [-0.4, -0.2) is 6.04 Å². The Hall–Kier alpha value is -0.660. The number of hydrogen-bond donors (Lipinski definition) is 0. The van der Waals surface area contributed by atoms with Gasteiger partial charge in [0.25, 0.3) is 0 Å². The Balaban J connectivity index is 3.35. The Morgan fingerprint density at radius 1 is 1.44 bits per heavy atom. The highest BCUT2D eigenvalue weighted by molar-refractivity contribution is 4.75. The summed E-state index contributed by atoms with van der Waals surface area (Å²) in [4.78, 5) is 0. The lowest BCUT2D eigenvalue weighted by Gasteiger charge is -1.87. The largest absolute Gasteiger partial charge is 0.187 e. The Kier molecular flexibility index (Phi) is 5.07. The Morgan fingerprint density at radius 3 is 2.56 bits per heavy atom. The summed E-state index contributed by atoms with van der Waals surface area (Å²) in [5.41, 5.74) is 0. The molecule has 0 aromatic heterocycles. The van der Waals surface area contributed by atoms with E-state index < -0.39 is 0 Å². The normalized spacial score (nSPS) is 12.4. The number of allylic oxidation sites excluding steroid dienone is 1. The zero-order valence-electron chi connectivity index (χ0n) is 6.33. The standard InChI is InChI=1S/C7H14N2/c1-4-5-6-8-9-7(2)3/h5-7H,4H2,1-3H3/b6-5-,9-8?. The molecule has 0 saturated carbocycles. The Bertz CT molecular complexity index is 103. The summed E-state index contributed by atoms with van der Waals surface area (Å²) in [6.45, 7) is 6.08. The van der Waals surface area contributed by atoms with E-state index in [0.29, 0.717) is 6.04 Å². The molecule has 0 N–H and O–H groups in total. The van der Waals surface area contributed by atoms with Gasteiger partial charge < -0.3 is 0 Å². The number of nitrogens with zero attached hydrogens (tertiary/aromatic N) is 2. The van der Waals surface area contributed by atoms with Gasteiger partial charge in [-0.05, 0) is 20.3 Å². The van der Waals surface area contributed by atoms with Crippen LogP contribution in [0.1, 0.15) is 27.2 Å². The fourth-order valence-corrected chi connectivity index (χ4v) is 0.324. The fourth-order valence-electron chi connectivity index (χ4n) is 0.324. The molecule has 0 fully saturated rings. The zero-order valence-corrected chi connectivity index (χ0v) is 6.33. The molecule has 0 aromatic carbocycles. The fraction of sp³-hybridized carbons (Fsp3) is 0.714. The lowest BCUT2D eigenvalue weighted by Crippen LogP contribution is -1.83. The third-order valence-electron chi connectivity index (χ3n) is 0.705. The predicted octanol–water partition coefficient (Wildman–Crippen LogP) is 2.77. The summed E-state index contributed by atoms with van der Waals surface area (Å²) in [5, 5.41) is 7.71. The molecule has 0 rings (SSSR count). The maximum Gasteiger partial charge on any atom is 0.0656 e. The van der Waals surface area contributed by atoms with Crippen molar-refractivity contribution in [1.82, 2.24) is 0 Å². The average molecular weight is 126 g/mol. The van der Waals surface area contributed by atoms with E-state index >= 15 is 0 Å². The second kappa shape index (κ2) is 5.48. The molecule has 2 heteroatoms. The van der Waals surface area contributed by atoms with E-state index in [2.05, 4.69) is 17.2 Å². The highest BCUT2D eigenvalue weighted by Crippen LogP contribution is 1.88. The highest BCUT2D eigenvalue weighted by atomic mass is 15.1. The molecule has 0 saturated heterocycles. The minimum Gasteiger partial charge on any atom is -0.187 e. The van der Waals surface area contributed by atoms with Gasteiger partial charge in [0.15, 0.2) is 0 Å². The third kappa shape index (κ3) is 7.34. The van der Waals surface area contributed by atoms with Crippen LogP contribution in [0.4, 0.5) is 0 Å². The Morgan fingerprint density at radius 2 is 2.11 bits per heavy atom. The van der Waals surface area contributed by atoms with Gasteiger partial charge in [0.2, 0.25) is 0 Å². The molecule has 0 bridgehead atoms. The summed E-state index contributed by atoms with van der Waals surface area (Å²) in [6, 6.07) is 0.312. The molecule has 9 heavy (non-hydrogen) atoms. The molecule has 52 valence electrons. The molecule has 0 aliphatic heterocycles. The van der Waals surface area contributed by atoms with Crippen LogP contribution < -0.4 is 0 Å². The molecule has 0 heterocycles. The smallest absolute Gasteiger partial charge is 0.0656 e. The second-order valence-corrected chi connectivity index (χ2v) is 2.12. The van der Waals surface area contributed by atoms with Crippen molar-refractivity contribution in [3.63, 3.8) is 0 Å². The van der Waals surface area contributed by atoms with Crippen molar-refractivity contribution >= 4 is 0 Å². The van der Waals surface area contributed by atoms with E-state index in [-0.39, 0.29) is 0 Å². The van der Waals surface area contributed by atoms with Crippen LogP contribution in [0, 0.1) is 0 Å². The number of azo groups is 1. The van der Waals surface area contributed by atoms with Gasteiger partial charge in [0.05, 0.1) is 6.04 Å². The van der Waals surface area contributed by atoms with E-state index in [0.717, 1.165) is 6.42 Å². The van der Waals surface area contributed by atoms with Crippen molar-refractivity contribution in [1.29, 1.82) is 0 Å². The van der Waals surface area contributed by atoms with Crippen molar-refractivity contribution < 1.29 is 0 Å². The van der Waals surface area contributed by atoms with Gasteiger partial charge in [-0.15, -0.1) is 0 Å². The third-order valence-corrected chi connectivity index (χ3v) is 0.705. The molecule has 0 unspecified atom stereocenters. The quantitative estimate of drug-likeness (QED) is 0.519. The average Bonchev–Trinajstić information content (AvgIpc) is 1.80. The summed E-state index contributed by atoms with van der Waals surface area (Å²) in [6.07, 6.45) is 4.74. The first kappa shape index (κ1) is 8.34. The maximum absolute atomic E-state index is 3.90.